The lowest BCUT2D eigenvalue weighted by Gasteiger charge is -2.34. The van der Waals surface area contributed by atoms with Gasteiger partial charge in [0.2, 0.25) is 5.91 Å². The van der Waals surface area contributed by atoms with E-state index in [-0.39, 0.29) is 5.91 Å². The third-order valence-corrected chi connectivity index (χ3v) is 4.97. The number of anilines is 1. The number of amides is 1. The molecule has 2 fully saturated rings. The van der Waals surface area contributed by atoms with Crippen LogP contribution in [0.3, 0.4) is 0 Å². The van der Waals surface area contributed by atoms with Crippen LogP contribution in [0.1, 0.15) is 38.7 Å². The maximum atomic E-state index is 11.4. The van der Waals surface area contributed by atoms with Crippen molar-refractivity contribution >= 4 is 11.6 Å². The molecule has 4 heteroatoms. The quantitative estimate of drug-likeness (QED) is 0.877. The highest BCUT2D eigenvalue weighted by atomic mass is 16.2. The number of carbonyl (C=O) groups excluding carboxylic acids is 1. The Kier molecular flexibility index (Phi) is 5.21. The van der Waals surface area contributed by atoms with Crippen LogP contribution in [0.15, 0.2) is 24.3 Å². The summed E-state index contributed by atoms with van der Waals surface area (Å²) in [5.41, 5.74) is 2.57. The number of hydrogen-bond acceptors (Lipinski definition) is 3. The number of nitrogens with zero attached hydrogens (tertiary/aromatic N) is 2. The van der Waals surface area contributed by atoms with E-state index in [1.54, 1.807) is 6.92 Å². The van der Waals surface area contributed by atoms with Crippen molar-refractivity contribution in [3.8, 4) is 0 Å². The van der Waals surface area contributed by atoms with Crippen molar-refractivity contribution in [1.29, 1.82) is 0 Å². The first-order valence-electron chi connectivity index (χ1n) is 8.93. The molecule has 1 aromatic carbocycles. The van der Waals surface area contributed by atoms with E-state index in [2.05, 4.69) is 41.4 Å². The van der Waals surface area contributed by atoms with Crippen molar-refractivity contribution < 1.29 is 4.79 Å². The van der Waals surface area contributed by atoms with Crippen LogP contribution in [0.25, 0.3) is 0 Å². The van der Waals surface area contributed by atoms with Gasteiger partial charge in [-0.3, -0.25) is 9.69 Å². The monoisotopic (exact) mass is 315 g/mol. The Morgan fingerprint density at radius 1 is 1.17 bits per heavy atom. The van der Waals surface area contributed by atoms with Gasteiger partial charge >= 0.3 is 0 Å². The number of benzene rings is 1. The average molecular weight is 315 g/mol. The highest BCUT2D eigenvalue weighted by Gasteiger charge is 2.23. The van der Waals surface area contributed by atoms with Gasteiger partial charge in [0.25, 0.3) is 0 Å². The second-order valence-corrected chi connectivity index (χ2v) is 7.20. The van der Waals surface area contributed by atoms with Crippen LogP contribution < -0.4 is 5.32 Å². The van der Waals surface area contributed by atoms with Crippen LogP contribution >= 0.6 is 0 Å². The Balaban J connectivity index is 1.45. The zero-order valence-electron chi connectivity index (χ0n) is 14.4. The van der Waals surface area contributed by atoms with Crippen LogP contribution in [0, 0.1) is 5.92 Å². The Hall–Kier alpha value is -1.55. The first kappa shape index (κ1) is 16.3. The molecule has 1 aliphatic heterocycles. The van der Waals surface area contributed by atoms with Crippen molar-refractivity contribution in [3.05, 3.63) is 29.8 Å². The van der Waals surface area contributed by atoms with Gasteiger partial charge in [-0.2, -0.15) is 0 Å². The lowest BCUT2D eigenvalue weighted by atomic mass is 10.1. The van der Waals surface area contributed by atoms with Gasteiger partial charge in [-0.1, -0.05) is 25.0 Å². The molecule has 1 heterocycles. The molecule has 4 nitrogen and oxygen atoms in total. The Labute approximate surface area is 139 Å². The molecule has 1 saturated carbocycles. The Morgan fingerprint density at radius 3 is 2.39 bits per heavy atom. The molecule has 1 unspecified atom stereocenters. The van der Waals surface area contributed by atoms with Gasteiger partial charge in [-0.25, -0.2) is 0 Å². The van der Waals surface area contributed by atoms with Gasteiger partial charge in [0.15, 0.2) is 0 Å². The summed E-state index contributed by atoms with van der Waals surface area (Å²) in [7, 11) is 0. The maximum Gasteiger partial charge on any atom is 0.219 e. The largest absolute Gasteiger partial charge is 0.383 e. The molecule has 1 saturated heterocycles. The summed E-state index contributed by atoms with van der Waals surface area (Å²) >= 11 is 0. The summed E-state index contributed by atoms with van der Waals surface area (Å²) in [4.78, 5) is 15.7. The fourth-order valence-corrected chi connectivity index (χ4v) is 3.38. The highest BCUT2D eigenvalue weighted by molar-refractivity contribution is 5.73. The summed E-state index contributed by atoms with van der Waals surface area (Å²) in [6.45, 7) is 8.56. The topological polar surface area (TPSA) is 35.6 Å². The fraction of sp³-hybridized carbons (Fsp3) is 0.632. The van der Waals surface area contributed by atoms with Crippen molar-refractivity contribution in [2.75, 3.05) is 31.5 Å². The zero-order valence-corrected chi connectivity index (χ0v) is 14.4. The Bertz CT molecular complexity index is 516. The predicted molar refractivity (Wildman–Crippen MR) is 94.4 cm³/mol. The first-order chi connectivity index (χ1) is 11.1. The number of rotatable bonds is 6. The number of piperazine rings is 1. The minimum absolute atomic E-state index is 0.195. The second kappa shape index (κ2) is 7.35. The molecule has 0 aromatic heterocycles. The SMILES string of the molecule is CC(=O)N1CCN(Cc2ccc(NC(C)CC3CC3)cc2)CC1. The van der Waals surface area contributed by atoms with Crippen molar-refractivity contribution in [3.63, 3.8) is 0 Å². The van der Waals surface area contributed by atoms with Crippen molar-refractivity contribution in [1.82, 2.24) is 9.80 Å². The predicted octanol–water partition coefficient (Wildman–Crippen LogP) is 2.95. The molecule has 0 radical (unpaired) electrons. The molecular weight excluding hydrogens is 286 g/mol. The minimum Gasteiger partial charge on any atom is -0.383 e. The summed E-state index contributed by atoms with van der Waals surface area (Å²) < 4.78 is 0. The molecule has 1 amide bonds. The standard InChI is InChI=1S/C19H29N3O/c1-15(13-17-3-4-17)20-19-7-5-18(6-8-19)14-21-9-11-22(12-10-21)16(2)23/h5-8,15,17,20H,3-4,9-14H2,1-2H3. The van der Waals surface area contributed by atoms with Crippen molar-refractivity contribution in [2.45, 2.75) is 45.7 Å². The number of hydrogen-bond donors (Lipinski definition) is 1. The smallest absolute Gasteiger partial charge is 0.219 e. The van der Waals surface area contributed by atoms with Gasteiger partial charge in [-0.15, -0.1) is 0 Å². The maximum absolute atomic E-state index is 11.4. The molecule has 1 aromatic rings. The fourth-order valence-electron chi connectivity index (χ4n) is 3.38. The average Bonchev–Trinajstić information content (AvgIpc) is 3.33. The van der Waals surface area contributed by atoms with Gasteiger partial charge in [0.05, 0.1) is 0 Å². The molecule has 23 heavy (non-hydrogen) atoms. The molecule has 1 aliphatic carbocycles. The van der Waals surface area contributed by atoms with Crippen LogP contribution in [-0.4, -0.2) is 47.9 Å². The molecule has 126 valence electrons. The summed E-state index contributed by atoms with van der Waals surface area (Å²) in [6.07, 6.45) is 4.13. The molecule has 2 aliphatic rings. The van der Waals surface area contributed by atoms with E-state index >= 15 is 0 Å². The summed E-state index contributed by atoms with van der Waals surface area (Å²) in [5, 5.41) is 3.60. The van der Waals surface area contributed by atoms with Gasteiger partial charge in [0.1, 0.15) is 0 Å². The summed E-state index contributed by atoms with van der Waals surface area (Å²) in [5.74, 6) is 1.16. The van der Waals surface area contributed by atoms with E-state index in [1.807, 2.05) is 4.90 Å². The normalized spacial score (nSPS) is 20.3. The van der Waals surface area contributed by atoms with E-state index < -0.39 is 0 Å². The van der Waals surface area contributed by atoms with Crippen LogP contribution in [0.5, 0.6) is 0 Å². The van der Waals surface area contributed by atoms with Crippen LogP contribution in [-0.2, 0) is 11.3 Å². The molecule has 1 N–H and O–H groups in total. The van der Waals surface area contributed by atoms with Gasteiger partial charge < -0.3 is 10.2 Å². The molecular formula is C19H29N3O. The number of carbonyl (C=O) groups is 1. The van der Waals surface area contributed by atoms with E-state index in [4.69, 9.17) is 0 Å². The molecule has 0 bridgehead atoms. The van der Waals surface area contributed by atoms with E-state index in [9.17, 15) is 4.79 Å². The number of nitrogens with one attached hydrogen (secondary N) is 1. The first-order valence-corrected chi connectivity index (χ1v) is 8.93. The summed E-state index contributed by atoms with van der Waals surface area (Å²) in [6, 6.07) is 9.41. The van der Waals surface area contributed by atoms with E-state index in [0.29, 0.717) is 6.04 Å². The highest BCUT2D eigenvalue weighted by Crippen LogP contribution is 2.34. The molecule has 1 atom stereocenters. The van der Waals surface area contributed by atoms with Gasteiger partial charge in [0, 0.05) is 51.4 Å². The van der Waals surface area contributed by atoms with Crippen LogP contribution in [0.4, 0.5) is 5.69 Å². The zero-order chi connectivity index (χ0) is 16.2. The molecule has 3 rings (SSSR count). The van der Waals surface area contributed by atoms with E-state index in [0.717, 1.165) is 38.6 Å². The van der Waals surface area contributed by atoms with Gasteiger partial charge in [-0.05, 0) is 37.0 Å². The Morgan fingerprint density at radius 2 is 1.83 bits per heavy atom. The lowest BCUT2D eigenvalue weighted by molar-refractivity contribution is -0.130. The van der Waals surface area contributed by atoms with Crippen molar-refractivity contribution in [2.24, 2.45) is 5.92 Å². The lowest BCUT2D eigenvalue weighted by Crippen LogP contribution is -2.47. The molecule has 0 spiro atoms. The second-order valence-electron chi connectivity index (χ2n) is 7.20. The minimum atomic E-state index is 0.195. The van der Waals surface area contributed by atoms with E-state index in [1.165, 1.54) is 30.5 Å². The third-order valence-electron chi connectivity index (χ3n) is 4.97. The third kappa shape index (κ3) is 4.96. The van der Waals surface area contributed by atoms with Crippen LogP contribution in [0.2, 0.25) is 0 Å².